The number of aryl methyl sites for hydroxylation is 1. The summed E-state index contributed by atoms with van der Waals surface area (Å²) >= 11 is 0. The Bertz CT molecular complexity index is 656. The first-order chi connectivity index (χ1) is 10.2. The van der Waals surface area contributed by atoms with Crippen LogP contribution < -0.4 is 20.1 Å². The molecule has 0 bridgehead atoms. The van der Waals surface area contributed by atoms with E-state index in [0.717, 1.165) is 41.1 Å². The fraction of sp³-hybridized carbons (Fsp3) is 0.438. The van der Waals surface area contributed by atoms with Gasteiger partial charge in [-0.15, -0.1) is 0 Å². The highest BCUT2D eigenvalue weighted by Gasteiger charge is 2.15. The van der Waals surface area contributed by atoms with Gasteiger partial charge in [0, 0.05) is 25.5 Å². The third kappa shape index (κ3) is 2.74. The van der Waals surface area contributed by atoms with E-state index >= 15 is 0 Å². The molecular weight excluding hydrogens is 266 g/mol. The monoisotopic (exact) mass is 287 g/mol. The first-order valence-corrected chi connectivity index (χ1v) is 7.29. The number of hydrogen-bond donors (Lipinski definition) is 1. The Morgan fingerprint density at radius 3 is 2.52 bits per heavy atom. The second-order valence-corrected chi connectivity index (χ2v) is 5.45. The maximum Gasteiger partial charge on any atom is 0.163 e. The van der Waals surface area contributed by atoms with Crippen molar-refractivity contribution in [1.82, 2.24) is 4.98 Å². The molecule has 0 aliphatic carbocycles. The molecule has 0 fully saturated rings. The summed E-state index contributed by atoms with van der Waals surface area (Å²) in [5, 5.41) is 1.08. The smallest absolute Gasteiger partial charge is 0.163 e. The molecule has 0 unspecified atom stereocenters. The summed E-state index contributed by atoms with van der Waals surface area (Å²) < 4.78 is 11.3. The molecule has 5 heteroatoms. The Labute approximate surface area is 124 Å². The van der Waals surface area contributed by atoms with Gasteiger partial charge >= 0.3 is 0 Å². The molecule has 21 heavy (non-hydrogen) atoms. The number of anilines is 1. The summed E-state index contributed by atoms with van der Waals surface area (Å²) in [6.07, 6.45) is 1.89. The SMILES string of the molecule is CN(C)c1nc2cc3c(cc2cc1CCCN)OCCO3. The van der Waals surface area contributed by atoms with E-state index in [1.165, 1.54) is 5.56 Å². The number of nitrogens with zero attached hydrogens (tertiary/aromatic N) is 2. The number of hydrogen-bond acceptors (Lipinski definition) is 5. The van der Waals surface area contributed by atoms with Crippen LogP contribution in [0.1, 0.15) is 12.0 Å². The van der Waals surface area contributed by atoms with Gasteiger partial charge in [-0.05, 0) is 37.1 Å². The van der Waals surface area contributed by atoms with Crippen LogP contribution in [0.2, 0.25) is 0 Å². The molecule has 0 radical (unpaired) electrons. The molecule has 112 valence electrons. The molecule has 1 aromatic carbocycles. The van der Waals surface area contributed by atoms with Gasteiger partial charge in [-0.3, -0.25) is 0 Å². The molecule has 1 aliphatic rings. The zero-order valence-corrected chi connectivity index (χ0v) is 12.6. The lowest BCUT2D eigenvalue weighted by Crippen LogP contribution is -2.16. The Balaban J connectivity index is 2.11. The van der Waals surface area contributed by atoms with Crippen molar-refractivity contribution >= 4 is 16.7 Å². The molecular formula is C16H21N3O2. The molecule has 0 amide bonds. The predicted octanol–water partition coefficient (Wildman–Crippen LogP) is 1.96. The van der Waals surface area contributed by atoms with Crippen LogP contribution in [0.15, 0.2) is 18.2 Å². The summed E-state index contributed by atoms with van der Waals surface area (Å²) in [4.78, 5) is 6.83. The van der Waals surface area contributed by atoms with Crippen LogP contribution in [0.5, 0.6) is 11.5 Å². The summed E-state index contributed by atoms with van der Waals surface area (Å²) in [5.74, 6) is 2.58. The molecule has 1 aliphatic heterocycles. The lowest BCUT2D eigenvalue weighted by Gasteiger charge is -2.21. The van der Waals surface area contributed by atoms with E-state index in [2.05, 4.69) is 6.07 Å². The molecule has 0 saturated carbocycles. The van der Waals surface area contributed by atoms with E-state index < -0.39 is 0 Å². The van der Waals surface area contributed by atoms with Gasteiger partial charge in [0.1, 0.15) is 19.0 Å². The minimum atomic E-state index is 0.591. The zero-order valence-electron chi connectivity index (χ0n) is 12.6. The van der Waals surface area contributed by atoms with E-state index in [9.17, 15) is 0 Å². The average Bonchev–Trinajstić information content (AvgIpc) is 2.49. The third-order valence-corrected chi connectivity index (χ3v) is 3.61. The van der Waals surface area contributed by atoms with Gasteiger partial charge in [0.15, 0.2) is 11.5 Å². The fourth-order valence-electron chi connectivity index (χ4n) is 2.61. The normalized spacial score (nSPS) is 13.5. The Morgan fingerprint density at radius 1 is 1.14 bits per heavy atom. The molecule has 5 nitrogen and oxygen atoms in total. The summed E-state index contributed by atoms with van der Waals surface area (Å²) in [6.45, 7) is 1.88. The zero-order chi connectivity index (χ0) is 14.8. The third-order valence-electron chi connectivity index (χ3n) is 3.61. The standard InChI is InChI=1S/C16H21N3O2/c1-19(2)16-11(4-3-5-17)8-12-9-14-15(10-13(12)18-16)21-7-6-20-14/h8-10H,3-7,17H2,1-2H3. The van der Waals surface area contributed by atoms with Crippen LogP contribution in [0.3, 0.4) is 0 Å². The van der Waals surface area contributed by atoms with Crippen molar-refractivity contribution in [2.45, 2.75) is 12.8 Å². The van der Waals surface area contributed by atoms with Crippen LogP contribution in [-0.4, -0.2) is 38.8 Å². The molecule has 2 N–H and O–H groups in total. The van der Waals surface area contributed by atoms with Gasteiger partial charge in [-0.1, -0.05) is 0 Å². The second kappa shape index (κ2) is 5.77. The average molecular weight is 287 g/mol. The predicted molar refractivity (Wildman–Crippen MR) is 84.4 cm³/mol. The van der Waals surface area contributed by atoms with Crippen molar-refractivity contribution in [2.75, 3.05) is 38.8 Å². The van der Waals surface area contributed by atoms with Gasteiger partial charge in [-0.2, -0.15) is 0 Å². The Kier molecular flexibility index (Phi) is 3.84. The van der Waals surface area contributed by atoms with E-state index in [4.69, 9.17) is 20.2 Å². The molecule has 2 heterocycles. The quantitative estimate of drug-likeness (QED) is 0.931. The van der Waals surface area contributed by atoms with Crippen LogP contribution in [0, 0.1) is 0 Å². The van der Waals surface area contributed by atoms with E-state index in [0.29, 0.717) is 19.8 Å². The maximum absolute atomic E-state index is 5.65. The van der Waals surface area contributed by atoms with Crippen molar-refractivity contribution in [1.29, 1.82) is 0 Å². The number of fused-ring (bicyclic) bond motifs is 2. The topological polar surface area (TPSA) is 60.6 Å². The van der Waals surface area contributed by atoms with Crippen molar-refractivity contribution < 1.29 is 9.47 Å². The van der Waals surface area contributed by atoms with Crippen molar-refractivity contribution in [3.63, 3.8) is 0 Å². The Hall–Kier alpha value is -2.01. The number of rotatable bonds is 4. The lowest BCUT2D eigenvalue weighted by molar-refractivity contribution is 0.172. The van der Waals surface area contributed by atoms with Crippen molar-refractivity contribution in [3.05, 3.63) is 23.8 Å². The number of benzene rings is 1. The van der Waals surface area contributed by atoms with Gasteiger partial charge in [0.05, 0.1) is 5.52 Å². The van der Waals surface area contributed by atoms with Gasteiger partial charge < -0.3 is 20.1 Å². The number of aromatic nitrogens is 1. The van der Waals surface area contributed by atoms with Gasteiger partial charge in [-0.25, -0.2) is 4.98 Å². The second-order valence-electron chi connectivity index (χ2n) is 5.45. The molecule has 3 rings (SSSR count). The maximum atomic E-state index is 5.65. The van der Waals surface area contributed by atoms with Crippen LogP contribution in [-0.2, 0) is 6.42 Å². The first-order valence-electron chi connectivity index (χ1n) is 7.29. The Morgan fingerprint density at radius 2 is 1.86 bits per heavy atom. The summed E-state index contributed by atoms with van der Waals surface area (Å²) in [7, 11) is 4.02. The van der Waals surface area contributed by atoms with E-state index in [-0.39, 0.29) is 0 Å². The molecule has 1 aromatic heterocycles. The van der Waals surface area contributed by atoms with E-state index in [1.807, 2.05) is 31.1 Å². The van der Waals surface area contributed by atoms with Crippen molar-refractivity contribution in [2.24, 2.45) is 5.73 Å². The summed E-state index contributed by atoms with van der Waals surface area (Å²) in [6, 6.07) is 6.16. The summed E-state index contributed by atoms with van der Waals surface area (Å²) in [5.41, 5.74) is 7.78. The molecule has 0 atom stereocenters. The van der Waals surface area contributed by atoms with Gasteiger partial charge in [0.25, 0.3) is 0 Å². The highest BCUT2D eigenvalue weighted by atomic mass is 16.6. The number of ether oxygens (including phenoxy) is 2. The molecule has 0 spiro atoms. The number of pyridine rings is 1. The van der Waals surface area contributed by atoms with Gasteiger partial charge in [0.2, 0.25) is 0 Å². The minimum Gasteiger partial charge on any atom is -0.486 e. The lowest BCUT2D eigenvalue weighted by atomic mass is 10.1. The van der Waals surface area contributed by atoms with Crippen LogP contribution >= 0.6 is 0 Å². The highest BCUT2D eigenvalue weighted by molar-refractivity contribution is 5.85. The largest absolute Gasteiger partial charge is 0.486 e. The van der Waals surface area contributed by atoms with E-state index in [1.54, 1.807) is 0 Å². The first kappa shape index (κ1) is 13.9. The minimum absolute atomic E-state index is 0.591. The molecule has 2 aromatic rings. The number of nitrogens with two attached hydrogens (primary N) is 1. The fourth-order valence-corrected chi connectivity index (χ4v) is 2.61. The van der Waals surface area contributed by atoms with Crippen LogP contribution in [0.25, 0.3) is 10.9 Å². The van der Waals surface area contributed by atoms with Crippen LogP contribution in [0.4, 0.5) is 5.82 Å². The molecule has 0 saturated heterocycles. The van der Waals surface area contributed by atoms with Crippen molar-refractivity contribution in [3.8, 4) is 11.5 Å². The highest BCUT2D eigenvalue weighted by Crippen LogP contribution is 2.35.